The number of alkyl halides is 1. The Morgan fingerprint density at radius 3 is 2.71 bits per heavy atom. The summed E-state index contributed by atoms with van der Waals surface area (Å²) in [5, 5.41) is 15.8. The van der Waals surface area contributed by atoms with Gasteiger partial charge in [-0.2, -0.15) is 0 Å². The number of carbonyl (C=O) groups is 3. The number of hydrogen-bond acceptors (Lipinski definition) is 5. The average Bonchev–Trinajstić information content (AvgIpc) is 3.34. The minimum Gasteiger partial charge on any atom is -0.394 e. The van der Waals surface area contributed by atoms with E-state index in [0.29, 0.717) is 23.6 Å². The lowest BCUT2D eigenvalue weighted by molar-refractivity contribution is -0.144. The highest BCUT2D eigenvalue weighted by Crippen LogP contribution is 2.60. The maximum atomic E-state index is 13.6. The van der Waals surface area contributed by atoms with E-state index >= 15 is 0 Å². The van der Waals surface area contributed by atoms with E-state index in [1.165, 1.54) is 11.9 Å². The Bertz CT molecular complexity index is 913. The highest BCUT2D eigenvalue weighted by Gasteiger charge is 2.76. The number of para-hydroxylation sites is 1. The fraction of sp³-hybridized carbons (Fsp3) is 0.571. The number of anilines is 1. The van der Waals surface area contributed by atoms with Gasteiger partial charge < -0.3 is 25.4 Å². The number of nitrogens with zero attached hydrogens (tertiary/aromatic N) is 1. The van der Waals surface area contributed by atoms with Gasteiger partial charge in [0.15, 0.2) is 0 Å². The highest BCUT2D eigenvalue weighted by atomic mass is 79.9. The molecule has 3 amide bonds. The van der Waals surface area contributed by atoms with E-state index < -0.39 is 41.5 Å². The van der Waals surface area contributed by atoms with Gasteiger partial charge in [-0.3, -0.25) is 14.4 Å². The molecule has 0 aromatic heterocycles. The van der Waals surface area contributed by atoms with Crippen molar-refractivity contribution in [2.24, 2.45) is 11.8 Å². The number of rotatable bonds is 6. The number of hydrogen-bond donors (Lipinski definition) is 3. The normalized spacial score (nSPS) is 34.5. The molecule has 1 aromatic rings. The number of aliphatic hydroxyl groups excluding tert-OH is 1. The molecule has 8 nitrogen and oxygen atoms in total. The molecule has 1 spiro atoms. The van der Waals surface area contributed by atoms with Gasteiger partial charge >= 0.3 is 0 Å². The predicted molar refractivity (Wildman–Crippen MR) is 118 cm³/mol. The first-order valence-electron chi connectivity index (χ1n) is 10.3. The molecule has 4 rings (SSSR count). The summed E-state index contributed by atoms with van der Waals surface area (Å²) in [4.78, 5) is 41.2. The summed E-state index contributed by atoms with van der Waals surface area (Å²) in [5.41, 5.74) is -0.745. The average molecular weight is 515 g/mol. The van der Waals surface area contributed by atoms with E-state index in [0.717, 1.165) is 0 Å². The Morgan fingerprint density at radius 2 is 2.10 bits per heavy atom. The van der Waals surface area contributed by atoms with Crippen LogP contribution < -0.4 is 10.6 Å². The van der Waals surface area contributed by atoms with Gasteiger partial charge in [0, 0.05) is 11.9 Å². The van der Waals surface area contributed by atoms with Gasteiger partial charge in [-0.25, -0.2) is 0 Å². The van der Waals surface area contributed by atoms with Gasteiger partial charge in [0.2, 0.25) is 17.7 Å². The summed E-state index contributed by atoms with van der Waals surface area (Å²) in [6, 6.07) is 5.26. The Morgan fingerprint density at radius 1 is 1.39 bits per heavy atom. The molecule has 3 heterocycles. The van der Waals surface area contributed by atoms with Crippen molar-refractivity contribution in [1.82, 2.24) is 10.2 Å². The molecule has 3 aliphatic rings. The first-order chi connectivity index (χ1) is 14.8. The molecular formula is C21H25BrClN3O5. The summed E-state index contributed by atoms with van der Waals surface area (Å²) in [7, 11) is 1.52. The van der Waals surface area contributed by atoms with Crippen LogP contribution in [0.5, 0.6) is 0 Å². The zero-order valence-electron chi connectivity index (χ0n) is 17.2. The maximum Gasteiger partial charge on any atom is 0.250 e. The molecule has 7 atom stereocenters. The standard InChI is InChI=1S/C21H25BrClN3O5/c1-3-10(9-27)26-17(19(29)25-13-7-5-4-6-12(13)23)21-8-11(22)16(31-21)14(18(28)24-2)15(21)20(26)30/h4-7,10-11,14-17,27H,3,8-9H2,1-2H3,(H,24,28)(H,25,29)/t10-,11?,14-,15-,16-,17?,21?/m0/s1. The number of amides is 3. The van der Waals surface area contributed by atoms with Gasteiger partial charge in [0.25, 0.3) is 0 Å². The number of halogens is 2. The number of carbonyl (C=O) groups excluding carboxylic acids is 3. The molecular weight excluding hydrogens is 490 g/mol. The Kier molecular flexibility index (Phi) is 6.06. The second kappa shape index (κ2) is 8.35. The number of likely N-dealkylation sites (tertiary alicyclic amines) is 1. The van der Waals surface area contributed by atoms with Crippen molar-refractivity contribution in [1.29, 1.82) is 0 Å². The van der Waals surface area contributed by atoms with Crippen molar-refractivity contribution in [3.05, 3.63) is 29.3 Å². The number of ether oxygens (including phenoxy) is 1. The second-order valence-electron chi connectivity index (χ2n) is 8.24. The molecule has 2 bridgehead atoms. The molecule has 168 valence electrons. The van der Waals surface area contributed by atoms with Gasteiger partial charge in [-0.05, 0) is 25.0 Å². The van der Waals surface area contributed by atoms with Crippen molar-refractivity contribution >= 4 is 50.9 Å². The van der Waals surface area contributed by atoms with Crippen LogP contribution in [0.2, 0.25) is 5.02 Å². The van der Waals surface area contributed by atoms with Crippen molar-refractivity contribution in [2.75, 3.05) is 19.0 Å². The third-order valence-electron chi connectivity index (χ3n) is 6.73. The largest absolute Gasteiger partial charge is 0.394 e. The van der Waals surface area contributed by atoms with Crippen LogP contribution >= 0.6 is 27.5 Å². The minimum absolute atomic E-state index is 0.177. The lowest BCUT2D eigenvalue weighted by atomic mass is 9.70. The highest BCUT2D eigenvalue weighted by molar-refractivity contribution is 9.09. The zero-order chi connectivity index (χ0) is 22.5. The summed E-state index contributed by atoms with van der Waals surface area (Å²) in [6.07, 6.45) is 0.341. The van der Waals surface area contributed by atoms with Gasteiger partial charge in [0.1, 0.15) is 11.6 Å². The van der Waals surface area contributed by atoms with Crippen molar-refractivity contribution in [3.63, 3.8) is 0 Å². The van der Waals surface area contributed by atoms with Crippen LogP contribution in [0.15, 0.2) is 24.3 Å². The van der Waals surface area contributed by atoms with Crippen LogP contribution in [0.1, 0.15) is 19.8 Å². The van der Waals surface area contributed by atoms with Gasteiger partial charge in [0.05, 0.1) is 41.3 Å². The van der Waals surface area contributed by atoms with Crippen molar-refractivity contribution in [2.45, 2.75) is 48.4 Å². The molecule has 1 aromatic carbocycles. The molecule has 3 fully saturated rings. The fourth-order valence-corrected chi connectivity index (χ4v) is 6.53. The van der Waals surface area contributed by atoms with E-state index in [-0.39, 0.29) is 23.2 Å². The molecule has 0 radical (unpaired) electrons. The molecule has 3 unspecified atom stereocenters. The molecule has 3 N–H and O–H groups in total. The summed E-state index contributed by atoms with van der Waals surface area (Å²) in [6.45, 7) is 1.54. The topological polar surface area (TPSA) is 108 Å². The lowest BCUT2D eigenvalue weighted by Crippen LogP contribution is -2.56. The Balaban J connectivity index is 1.79. The third kappa shape index (κ3) is 3.28. The van der Waals surface area contributed by atoms with E-state index in [1.54, 1.807) is 24.3 Å². The van der Waals surface area contributed by atoms with E-state index in [9.17, 15) is 19.5 Å². The molecule has 31 heavy (non-hydrogen) atoms. The van der Waals surface area contributed by atoms with Crippen molar-refractivity contribution in [3.8, 4) is 0 Å². The van der Waals surface area contributed by atoms with Crippen LogP contribution in [-0.4, -0.2) is 70.0 Å². The first-order valence-corrected chi connectivity index (χ1v) is 11.6. The quantitative estimate of drug-likeness (QED) is 0.499. The minimum atomic E-state index is -1.17. The molecule has 0 aliphatic carbocycles. The number of nitrogens with one attached hydrogen (secondary N) is 2. The number of fused-ring (bicyclic) bond motifs is 1. The van der Waals surface area contributed by atoms with Crippen LogP contribution in [0.25, 0.3) is 0 Å². The van der Waals surface area contributed by atoms with E-state index in [2.05, 4.69) is 26.6 Å². The summed E-state index contributed by atoms with van der Waals surface area (Å²) >= 11 is 9.82. The van der Waals surface area contributed by atoms with E-state index in [1.807, 2.05) is 6.92 Å². The monoisotopic (exact) mass is 513 g/mol. The molecule has 3 saturated heterocycles. The second-order valence-corrected chi connectivity index (χ2v) is 9.82. The first kappa shape index (κ1) is 22.5. The van der Waals surface area contributed by atoms with Crippen molar-refractivity contribution < 1.29 is 24.2 Å². The fourth-order valence-electron chi connectivity index (χ4n) is 5.40. The Hall–Kier alpha value is -1.68. The zero-order valence-corrected chi connectivity index (χ0v) is 19.5. The maximum absolute atomic E-state index is 13.6. The molecule has 0 saturated carbocycles. The SMILES string of the molecule is CC[C@@H](CO)N1C(=O)[C@@H]2[C@H](C(=O)NC)[C@H]3OC2(CC3Br)C1C(=O)Nc1ccccc1Cl. The van der Waals surface area contributed by atoms with Gasteiger partial charge in [-0.15, -0.1) is 0 Å². The lowest BCUT2D eigenvalue weighted by Gasteiger charge is -2.36. The molecule has 3 aliphatic heterocycles. The van der Waals surface area contributed by atoms with E-state index in [4.69, 9.17) is 16.3 Å². The van der Waals surface area contributed by atoms with Gasteiger partial charge in [-0.1, -0.05) is 46.6 Å². The van der Waals surface area contributed by atoms with Crippen LogP contribution in [0.4, 0.5) is 5.69 Å². The van der Waals surface area contributed by atoms with Crippen LogP contribution in [0, 0.1) is 11.8 Å². The predicted octanol–water partition coefficient (Wildman–Crippen LogP) is 1.54. The molecule has 10 heteroatoms. The number of benzene rings is 1. The van der Waals surface area contributed by atoms with Crippen LogP contribution in [0.3, 0.4) is 0 Å². The third-order valence-corrected chi connectivity index (χ3v) is 7.91. The van der Waals surface area contributed by atoms with Crippen LogP contribution in [-0.2, 0) is 19.1 Å². The smallest absolute Gasteiger partial charge is 0.250 e. The summed E-state index contributed by atoms with van der Waals surface area (Å²) < 4.78 is 6.33. The number of aliphatic hydroxyl groups is 1. The Labute approximate surface area is 193 Å². The summed E-state index contributed by atoms with van der Waals surface area (Å²) in [5.74, 6) is -2.59.